The summed E-state index contributed by atoms with van der Waals surface area (Å²) >= 11 is 0. The van der Waals surface area contributed by atoms with E-state index in [0.717, 1.165) is 57.6 Å². The first-order valence-electron chi connectivity index (χ1n) is 9.62. The summed E-state index contributed by atoms with van der Waals surface area (Å²) in [5, 5.41) is 6.68. The van der Waals surface area contributed by atoms with E-state index in [-0.39, 0.29) is 41.8 Å². The van der Waals surface area contributed by atoms with Crippen LogP contribution in [-0.4, -0.2) is 56.6 Å². The number of amides is 1. The Labute approximate surface area is 179 Å². The highest BCUT2D eigenvalue weighted by Crippen LogP contribution is 2.50. The van der Waals surface area contributed by atoms with Crippen LogP contribution in [-0.2, 0) is 10.2 Å². The maximum absolute atomic E-state index is 12.2. The lowest BCUT2D eigenvalue weighted by molar-refractivity contribution is -0.128. The van der Waals surface area contributed by atoms with Crippen molar-refractivity contribution >= 4 is 35.8 Å². The minimum Gasteiger partial charge on any atom is -0.496 e. The Morgan fingerprint density at radius 2 is 1.93 bits per heavy atom. The van der Waals surface area contributed by atoms with E-state index in [1.165, 1.54) is 5.56 Å². The molecule has 1 heterocycles. The van der Waals surface area contributed by atoms with Crippen LogP contribution in [0.4, 0.5) is 0 Å². The number of nitrogens with zero attached hydrogens (tertiary/aromatic N) is 2. The Bertz CT molecular complexity index is 655. The molecule has 2 aliphatic rings. The molecule has 150 valence electrons. The summed E-state index contributed by atoms with van der Waals surface area (Å²) in [6.07, 6.45) is 4.48. The number of methoxy groups -OCH3 is 1. The number of guanidine groups is 1. The Morgan fingerprint density at radius 1 is 1.22 bits per heavy atom. The number of likely N-dealkylation sites (tertiary alicyclic amines) is 1. The summed E-state index contributed by atoms with van der Waals surface area (Å²) in [6, 6.07) is 8.23. The minimum absolute atomic E-state index is 0. The van der Waals surface area contributed by atoms with E-state index >= 15 is 0 Å². The van der Waals surface area contributed by atoms with E-state index in [0.29, 0.717) is 5.96 Å². The molecule has 0 aromatic heterocycles. The van der Waals surface area contributed by atoms with E-state index in [1.54, 1.807) is 7.11 Å². The first kappa shape index (κ1) is 21.8. The molecule has 0 bridgehead atoms. The number of halogens is 1. The Kier molecular flexibility index (Phi) is 8.19. The lowest BCUT2D eigenvalue weighted by atomic mass is 9.95. The fourth-order valence-corrected chi connectivity index (χ4v) is 3.58. The first-order valence-corrected chi connectivity index (χ1v) is 9.62. The van der Waals surface area contributed by atoms with Gasteiger partial charge in [0, 0.05) is 37.2 Å². The van der Waals surface area contributed by atoms with Gasteiger partial charge in [-0.25, -0.2) is 4.99 Å². The zero-order valence-corrected chi connectivity index (χ0v) is 18.6. The lowest BCUT2D eigenvalue weighted by Crippen LogP contribution is -2.42. The first-order chi connectivity index (χ1) is 12.7. The topological polar surface area (TPSA) is 66.0 Å². The van der Waals surface area contributed by atoms with Gasteiger partial charge < -0.3 is 20.3 Å². The third-order valence-electron chi connectivity index (χ3n) is 5.30. The van der Waals surface area contributed by atoms with Crippen molar-refractivity contribution in [3.05, 3.63) is 29.8 Å². The smallest absolute Gasteiger partial charge is 0.244 e. The van der Waals surface area contributed by atoms with Gasteiger partial charge in [-0.15, -0.1) is 24.0 Å². The molecule has 6 nitrogen and oxygen atoms in total. The van der Waals surface area contributed by atoms with Gasteiger partial charge in [0.25, 0.3) is 0 Å². The maximum Gasteiger partial charge on any atom is 0.244 e. The van der Waals surface area contributed by atoms with Crippen LogP contribution < -0.4 is 15.4 Å². The summed E-state index contributed by atoms with van der Waals surface area (Å²) in [7, 11) is 1.72. The molecule has 1 amide bonds. The third-order valence-corrected chi connectivity index (χ3v) is 5.30. The van der Waals surface area contributed by atoms with Crippen molar-refractivity contribution in [2.24, 2.45) is 4.99 Å². The molecule has 2 fully saturated rings. The van der Waals surface area contributed by atoms with Crippen molar-refractivity contribution in [1.82, 2.24) is 15.5 Å². The molecule has 0 atom stereocenters. The second-order valence-corrected chi connectivity index (χ2v) is 7.12. The molecule has 0 radical (unpaired) electrons. The molecular weight excluding hydrogens is 455 g/mol. The van der Waals surface area contributed by atoms with E-state index in [1.807, 2.05) is 24.0 Å². The van der Waals surface area contributed by atoms with E-state index in [4.69, 9.17) is 4.74 Å². The standard InChI is InChI=1S/C20H30N4O2.HI/c1-3-21-19(22-14-18(25)24-12-6-7-13-24)23-15-20(10-11-20)16-8-4-5-9-17(16)26-2;/h4-5,8-9H,3,6-7,10-15H2,1-2H3,(H2,21,22,23);1H. The van der Waals surface area contributed by atoms with Crippen LogP contribution in [0.5, 0.6) is 5.75 Å². The molecule has 1 aliphatic carbocycles. The van der Waals surface area contributed by atoms with Crippen molar-refractivity contribution in [2.75, 3.05) is 39.8 Å². The second kappa shape index (κ2) is 10.1. The van der Waals surface area contributed by atoms with Crippen molar-refractivity contribution in [2.45, 2.75) is 38.0 Å². The summed E-state index contributed by atoms with van der Waals surface area (Å²) in [5.41, 5.74) is 1.35. The fraction of sp³-hybridized carbons (Fsp3) is 0.600. The van der Waals surface area contributed by atoms with Crippen LogP contribution in [0.2, 0.25) is 0 Å². The van der Waals surface area contributed by atoms with Crippen molar-refractivity contribution < 1.29 is 9.53 Å². The van der Waals surface area contributed by atoms with Gasteiger partial charge in [0.2, 0.25) is 5.91 Å². The Hall–Kier alpha value is -1.51. The number of carbonyl (C=O) groups is 1. The molecule has 0 spiro atoms. The van der Waals surface area contributed by atoms with E-state index < -0.39 is 0 Å². The number of carbonyl (C=O) groups excluding carboxylic acids is 1. The number of rotatable bonds is 7. The highest BCUT2D eigenvalue weighted by atomic mass is 127. The fourth-order valence-electron chi connectivity index (χ4n) is 3.58. The summed E-state index contributed by atoms with van der Waals surface area (Å²) in [5.74, 6) is 1.77. The summed E-state index contributed by atoms with van der Waals surface area (Å²) < 4.78 is 5.54. The average molecular weight is 486 g/mol. The van der Waals surface area contributed by atoms with Gasteiger partial charge >= 0.3 is 0 Å². The number of para-hydroxylation sites is 1. The molecule has 7 heteroatoms. The van der Waals surface area contributed by atoms with Gasteiger partial charge in [-0.2, -0.15) is 0 Å². The summed E-state index contributed by atoms with van der Waals surface area (Å²) in [6.45, 7) is 5.54. The van der Waals surface area contributed by atoms with Gasteiger partial charge in [-0.3, -0.25) is 4.79 Å². The number of nitrogens with one attached hydrogen (secondary N) is 2. The molecule has 1 saturated heterocycles. The van der Waals surface area contributed by atoms with Gasteiger partial charge in [0.05, 0.1) is 7.11 Å². The zero-order chi connectivity index (χ0) is 18.4. The second-order valence-electron chi connectivity index (χ2n) is 7.12. The van der Waals surface area contributed by atoms with Gasteiger partial charge in [-0.05, 0) is 38.7 Å². The van der Waals surface area contributed by atoms with E-state index in [2.05, 4.69) is 27.8 Å². The average Bonchev–Trinajstić information content (AvgIpc) is 3.25. The molecule has 2 N–H and O–H groups in total. The van der Waals surface area contributed by atoms with Crippen molar-refractivity contribution in [3.8, 4) is 5.75 Å². The van der Waals surface area contributed by atoms with Crippen LogP contribution >= 0.6 is 24.0 Å². The number of ether oxygens (including phenoxy) is 1. The third kappa shape index (κ3) is 5.49. The lowest BCUT2D eigenvalue weighted by Gasteiger charge is -2.21. The number of hydrogen-bond acceptors (Lipinski definition) is 3. The highest BCUT2D eigenvalue weighted by Gasteiger charge is 2.46. The number of benzene rings is 1. The molecule has 3 rings (SSSR count). The highest BCUT2D eigenvalue weighted by molar-refractivity contribution is 14.0. The van der Waals surface area contributed by atoms with E-state index in [9.17, 15) is 4.79 Å². The maximum atomic E-state index is 12.2. The quantitative estimate of drug-likeness (QED) is 0.353. The SMILES string of the molecule is CCNC(=NCC(=O)N1CCCC1)NCC1(c2ccccc2OC)CC1.I. The molecule has 1 aromatic carbocycles. The summed E-state index contributed by atoms with van der Waals surface area (Å²) in [4.78, 5) is 18.6. The van der Waals surface area contributed by atoms with Crippen LogP contribution in [0, 0.1) is 0 Å². The molecule has 1 saturated carbocycles. The Balaban J connectivity index is 0.00000261. The van der Waals surface area contributed by atoms with Gasteiger partial charge in [-0.1, -0.05) is 18.2 Å². The molecule has 1 aliphatic heterocycles. The molecular formula is C20H31IN4O2. The van der Waals surface area contributed by atoms with Crippen LogP contribution in [0.25, 0.3) is 0 Å². The largest absolute Gasteiger partial charge is 0.496 e. The Morgan fingerprint density at radius 3 is 2.56 bits per heavy atom. The normalized spacial score (nSPS) is 17.9. The van der Waals surface area contributed by atoms with Crippen molar-refractivity contribution in [3.63, 3.8) is 0 Å². The number of hydrogen-bond donors (Lipinski definition) is 2. The molecule has 27 heavy (non-hydrogen) atoms. The monoisotopic (exact) mass is 486 g/mol. The van der Waals surface area contributed by atoms with Crippen LogP contribution in [0.15, 0.2) is 29.3 Å². The van der Waals surface area contributed by atoms with Crippen LogP contribution in [0.1, 0.15) is 38.2 Å². The van der Waals surface area contributed by atoms with Gasteiger partial charge in [0.15, 0.2) is 5.96 Å². The minimum atomic E-state index is 0. The predicted molar refractivity (Wildman–Crippen MR) is 119 cm³/mol. The number of aliphatic imine (C=N–C) groups is 1. The molecule has 1 aromatic rings. The molecule has 0 unspecified atom stereocenters. The van der Waals surface area contributed by atoms with Crippen molar-refractivity contribution in [1.29, 1.82) is 0 Å². The predicted octanol–water partition coefficient (Wildman–Crippen LogP) is 2.52. The zero-order valence-electron chi connectivity index (χ0n) is 16.3. The van der Waals surface area contributed by atoms with Crippen LogP contribution in [0.3, 0.4) is 0 Å². The van der Waals surface area contributed by atoms with Gasteiger partial charge in [0.1, 0.15) is 12.3 Å².